The van der Waals surface area contributed by atoms with E-state index >= 15 is 0 Å². The van der Waals surface area contributed by atoms with Gasteiger partial charge in [0.05, 0.1) is 0 Å². The van der Waals surface area contributed by atoms with Gasteiger partial charge in [-0.15, -0.1) is 0 Å². The van der Waals surface area contributed by atoms with Crippen molar-refractivity contribution in [2.24, 2.45) is 0 Å². The van der Waals surface area contributed by atoms with Gasteiger partial charge in [-0.3, -0.25) is 4.79 Å². The van der Waals surface area contributed by atoms with Gasteiger partial charge in [0.25, 0.3) is 5.91 Å². The first-order valence-electron chi connectivity index (χ1n) is 7.54. The molecule has 2 N–H and O–H groups in total. The summed E-state index contributed by atoms with van der Waals surface area (Å²) in [5.74, 6) is 0.319. The number of amides is 1. The summed E-state index contributed by atoms with van der Waals surface area (Å²) in [6, 6.07) is 0.488. The highest BCUT2D eigenvalue weighted by atomic mass is 16.5. The van der Waals surface area contributed by atoms with E-state index in [-0.39, 0.29) is 0 Å². The van der Waals surface area contributed by atoms with Gasteiger partial charge in [0.1, 0.15) is 12.6 Å². The van der Waals surface area contributed by atoms with Crippen molar-refractivity contribution in [2.75, 3.05) is 26.2 Å². The molecule has 4 nitrogen and oxygen atoms in total. The van der Waals surface area contributed by atoms with Gasteiger partial charge in [0.15, 0.2) is 6.54 Å². The minimum atomic E-state index is 0.319. The molecule has 18 heavy (non-hydrogen) atoms. The number of nitrogens with zero attached hydrogens (tertiary/aromatic N) is 1. The number of ether oxygens (including phenoxy) is 1. The molecule has 0 bridgehead atoms. The molecule has 0 aromatic heterocycles. The van der Waals surface area contributed by atoms with E-state index in [9.17, 15) is 4.79 Å². The average Bonchev–Trinajstić information content (AvgIpc) is 2.91. The summed E-state index contributed by atoms with van der Waals surface area (Å²) in [6.07, 6.45) is 7.45. The van der Waals surface area contributed by atoms with Crippen molar-refractivity contribution >= 4 is 5.91 Å². The molecule has 1 amide bonds. The highest BCUT2D eigenvalue weighted by Gasteiger charge is 2.26. The molecule has 2 aliphatic rings. The number of carbonyl (C=O) groups excluding carboxylic acids is 1. The van der Waals surface area contributed by atoms with Crippen molar-refractivity contribution in [1.82, 2.24) is 4.90 Å². The number of hydrogen-bond acceptors (Lipinski definition) is 2. The normalized spacial score (nSPS) is 28.6. The molecule has 4 heteroatoms. The predicted molar refractivity (Wildman–Crippen MR) is 70.3 cm³/mol. The van der Waals surface area contributed by atoms with Crippen LogP contribution >= 0.6 is 0 Å². The molecule has 2 aliphatic heterocycles. The lowest BCUT2D eigenvalue weighted by Gasteiger charge is -2.34. The lowest BCUT2D eigenvalue weighted by Crippen LogP contribution is -2.88. The molecular formula is C14H27N2O2+. The molecule has 0 radical (unpaired) electrons. The zero-order chi connectivity index (χ0) is 12.8. The fourth-order valence-corrected chi connectivity index (χ4v) is 3.09. The van der Waals surface area contributed by atoms with Crippen LogP contribution in [0.3, 0.4) is 0 Å². The van der Waals surface area contributed by atoms with Crippen LogP contribution in [0.2, 0.25) is 0 Å². The summed E-state index contributed by atoms with van der Waals surface area (Å²) >= 11 is 0. The van der Waals surface area contributed by atoms with Crippen molar-refractivity contribution in [1.29, 1.82) is 0 Å². The Morgan fingerprint density at radius 3 is 2.94 bits per heavy atom. The Bertz CT molecular complexity index is 265. The van der Waals surface area contributed by atoms with Gasteiger partial charge in [-0.05, 0) is 38.5 Å². The third kappa shape index (κ3) is 3.69. The minimum absolute atomic E-state index is 0.319. The zero-order valence-corrected chi connectivity index (χ0v) is 11.6. The highest BCUT2D eigenvalue weighted by molar-refractivity contribution is 5.77. The summed E-state index contributed by atoms with van der Waals surface area (Å²) in [5.41, 5.74) is 0. The monoisotopic (exact) mass is 255 g/mol. The SMILES string of the molecule is CC[C@H]1CCCCN1C(=O)C[NH2+]C[C@H]1CCCO1. The third-order valence-electron chi connectivity index (χ3n) is 4.19. The largest absolute Gasteiger partial charge is 0.372 e. The Balaban J connectivity index is 1.69. The Labute approximate surface area is 110 Å². The van der Waals surface area contributed by atoms with Crippen LogP contribution in [0.15, 0.2) is 0 Å². The first-order chi connectivity index (χ1) is 8.81. The lowest BCUT2D eigenvalue weighted by atomic mass is 10.00. The van der Waals surface area contributed by atoms with Crippen molar-refractivity contribution < 1.29 is 14.8 Å². The smallest absolute Gasteiger partial charge is 0.277 e. The molecule has 0 spiro atoms. The van der Waals surface area contributed by atoms with Crippen molar-refractivity contribution in [3.8, 4) is 0 Å². The van der Waals surface area contributed by atoms with Crippen molar-refractivity contribution in [2.45, 2.75) is 57.6 Å². The van der Waals surface area contributed by atoms with Crippen LogP contribution in [0.4, 0.5) is 0 Å². The minimum Gasteiger partial charge on any atom is -0.372 e. The van der Waals surface area contributed by atoms with E-state index in [1.54, 1.807) is 0 Å². The molecule has 2 saturated heterocycles. The molecular weight excluding hydrogens is 228 g/mol. The first kappa shape index (κ1) is 13.8. The highest BCUT2D eigenvalue weighted by Crippen LogP contribution is 2.18. The Morgan fingerprint density at radius 2 is 2.22 bits per heavy atom. The van der Waals surface area contributed by atoms with Crippen LogP contribution in [0.5, 0.6) is 0 Å². The molecule has 2 rings (SSSR count). The fourth-order valence-electron chi connectivity index (χ4n) is 3.09. The first-order valence-corrected chi connectivity index (χ1v) is 7.54. The van der Waals surface area contributed by atoms with E-state index in [4.69, 9.17) is 4.74 Å². The van der Waals surface area contributed by atoms with E-state index < -0.39 is 0 Å². The van der Waals surface area contributed by atoms with Gasteiger partial charge in [-0.1, -0.05) is 6.92 Å². The molecule has 0 aromatic carbocycles. The molecule has 2 atom stereocenters. The second-order valence-corrected chi connectivity index (χ2v) is 5.51. The van der Waals surface area contributed by atoms with Gasteiger partial charge in [0, 0.05) is 19.2 Å². The second-order valence-electron chi connectivity index (χ2n) is 5.51. The maximum absolute atomic E-state index is 12.2. The second kappa shape index (κ2) is 7.10. The standard InChI is InChI=1S/C14H26N2O2/c1-2-12-6-3-4-8-16(12)14(17)11-15-10-13-7-5-9-18-13/h12-13,15H,2-11H2,1H3/p+1/t12-,13+/m0/s1. The molecule has 2 heterocycles. The van der Waals surface area contributed by atoms with Gasteiger partial charge in [0.2, 0.25) is 0 Å². The van der Waals surface area contributed by atoms with Crippen LogP contribution in [0.1, 0.15) is 45.4 Å². The Kier molecular flexibility index (Phi) is 5.45. The third-order valence-corrected chi connectivity index (χ3v) is 4.19. The number of rotatable bonds is 5. The molecule has 0 aliphatic carbocycles. The van der Waals surface area contributed by atoms with Crippen molar-refractivity contribution in [3.63, 3.8) is 0 Å². The topological polar surface area (TPSA) is 46.2 Å². The summed E-state index contributed by atoms with van der Waals surface area (Å²) in [4.78, 5) is 14.3. The van der Waals surface area contributed by atoms with E-state index in [0.717, 1.165) is 32.5 Å². The van der Waals surface area contributed by atoms with Crippen molar-refractivity contribution in [3.05, 3.63) is 0 Å². The van der Waals surface area contributed by atoms with Crippen LogP contribution in [0, 0.1) is 0 Å². The molecule has 104 valence electrons. The Morgan fingerprint density at radius 1 is 1.33 bits per heavy atom. The maximum Gasteiger partial charge on any atom is 0.277 e. The van der Waals surface area contributed by atoms with Gasteiger partial charge in [-0.25, -0.2) is 0 Å². The predicted octanol–water partition coefficient (Wildman–Crippen LogP) is 0.520. The van der Waals surface area contributed by atoms with Gasteiger partial charge >= 0.3 is 0 Å². The molecule has 0 unspecified atom stereocenters. The number of nitrogens with two attached hydrogens (primary N) is 1. The van der Waals surface area contributed by atoms with E-state index in [0.29, 0.717) is 24.6 Å². The summed E-state index contributed by atoms with van der Waals surface area (Å²) in [6.45, 7) is 5.58. The molecule has 2 fully saturated rings. The summed E-state index contributed by atoms with van der Waals surface area (Å²) in [5, 5.41) is 2.12. The van der Waals surface area contributed by atoms with Crippen LogP contribution in [0.25, 0.3) is 0 Å². The zero-order valence-electron chi connectivity index (χ0n) is 11.6. The van der Waals surface area contributed by atoms with E-state index in [1.807, 2.05) is 0 Å². The fraction of sp³-hybridized carbons (Fsp3) is 0.929. The molecule has 0 aromatic rings. The number of quaternary nitrogens is 1. The van der Waals surface area contributed by atoms with Crippen LogP contribution in [-0.4, -0.2) is 49.2 Å². The van der Waals surface area contributed by atoms with E-state index in [2.05, 4.69) is 17.1 Å². The molecule has 0 saturated carbocycles. The number of carbonyl (C=O) groups is 1. The van der Waals surface area contributed by atoms with Gasteiger partial charge in [-0.2, -0.15) is 0 Å². The maximum atomic E-state index is 12.2. The number of piperidine rings is 1. The number of likely N-dealkylation sites (tertiary alicyclic amines) is 1. The average molecular weight is 255 g/mol. The van der Waals surface area contributed by atoms with Gasteiger partial charge < -0.3 is 15.0 Å². The quantitative estimate of drug-likeness (QED) is 0.778. The Hall–Kier alpha value is -0.610. The van der Waals surface area contributed by atoms with Crippen LogP contribution < -0.4 is 5.32 Å². The van der Waals surface area contributed by atoms with Crippen LogP contribution in [-0.2, 0) is 9.53 Å². The summed E-state index contributed by atoms with van der Waals surface area (Å²) in [7, 11) is 0. The summed E-state index contributed by atoms with van der Waals surface area (Å²) < 4.78 is 5.57. The lowest BCUT2D eigenvalue weighted by molar-refractivity contribution is -0.650. The van der Waals surface area contributed by atoms with E-state index in [1.165, 1.54) is 25.7 Å². The number of hydrogen-bond donors (Lipinski definition) is 1.